The highest BCUT2D eigenvalue weighted by Crippen LogP contribution is 2.31. The predicted octanol–water partition coefficient (Wildman–Crippen LogP) is 1.32. The molecule has 3 N–H and O–H groups in total. The van der Waals surface area contributed by atoms with Gasteiger partial charge in [0.2, 0.25) is 0 Å². The number of nitrogens with two attached hydrogens (primary N) is 1. The van der Waals surface area contributed by atoms with Crippen molar-refractivity contribution in [1.29, 1.82) is 0 Å². The van der Waals surface area contributed by atoms with Crippen LogP contribution in [0.2, 0.25) is 0 Å². The van der Waals surface area contributed by atoms with Gasteiger partial charge in [-0.05, 0) is 35.3 Å². The Bertz CT molecular complexity index is 442. The summed E-state index contributed by atoms with van der Waals surface area (Å²) in [5, 5.41) is 9.24. The molecule has 5 nitrogen and oxygen atoms in total. The molecule has 1 aromatic heterocycles. The Morgan fingerprint density at radius 3 is 3.00 bits per heavy atom. The smallest absolute Gasteiger partial charge is 0.143 e. The van der Waals surface area contributed by atoms with Crippen molar-refractivity contribution >= 4 is 27.4 Å². The number of morpholine rings is 1. The number of halogens is 1. The van der Waals surface area contributed by atoms with E-state index in [1.54, 1.807) is 6.20 Å². The maximum Gasteiger partial charge on any atom is 0.143 e. The molecule has 0 aliphatic carbocycles. The van der Waals surface area contributed by atoms with Gasteiger partial charge >= 0.3 is 0 Å². The summed E-state index contributed by atoms with van der Waals surface area (Å²) in [6, 6.07) is 0. The molecule has 18 heavy (non-hydrogen) atoms. The molecule has 1 aliphatic rings. The van der Waals surface area contributed by atoms with E-state index in [0.717, 1.165) is 22.4 Å². The van der Waals surface area contributed by atoms with Crippen LogP contribution < -0.4 is 10.6 Å². The van der Waals surface area contributed by atoms with Crippen molar-refractivity contribution in [3.8, 4) is 0 Å². The lowest BCUT2D eigenvalue weighted by Crippen LogP contribution is -2.48. The van der Waals surface area contributed by atoms with Gasteiger partial charge in [0.1, 0.15) is 5.82 Å². The Morgan fingerprint density at radius 2 is 2.33 bits per heavy atom. The van der Waals surface area contributed by atoms with Crippen LogP contribution in [0.25, 0.3) is 0 Å². The lowest BCUT2D eigenvalue weighted by molar-refractivity contribution is -0.0423. The zero-order chi connectivity index (χ0) is 13.3. The van der Waals surface area contributed by atoms with E-state index in [9.17, 15) is 5.11 Å². The van der Waals surface area contributed by atoms with Gasteiger partial charge < -0.3 is 20.5 Å². The molecule has 0 bridgehead atoms. The maximum absolute atomic E-state index is 9.24. The molecule has 0 aromatic carbocycles. The summed E-state index contributed by atoms with van der Waals surface area (Å²) in [5.41, 5.74) is 7.48. The van der Waals surface area contributed by atoms with Gasteiger partial charge in [0, 0.05) is 13.1 Å². The molecule has 1 aromatic rings. The minimum atomic E-state index is -0.166. The highest BCUT2D eigenvalue weighted by Gasteiger charge is 2.27. The third-order valence-corrected chi connectivity index (χ3v) is 4.06. The van der Waals surface area contributed by atoms with Gasteiger partial charge in [-0.15, -0.1) is 0 Å². The first-order valence-corrected chi connectivity index (χ1v) is 6.74. The first-order valence-electron chi connectivity index (χ1n) is 5.94. The number of hydrogen-bond donors (Lipinski definition) is 2. The fourth-order valence-corrected chi connectivity index (χ4v) is 2.70. The SMILES string of the molecule is Cc1c(N)cnc(N2CC(C)OC(CO)C2)c1Br. The number of hydrogen-bond acceptors (Lipinski definition) is 5. The number of aromatic nitrogens is 1. The van der Waals surface area contributed by atoms with Gasteiger partial charge in [0.15, 0.2) is 0 Å². The number of pyridine rings is 1. The van der Waals surface area contributed by atoms with Gasteiger partial charge in [-0.2, -0.15) is 0 Å². The molecule has 0 amide bonds. The third-order valence-electron chi connectivity index (χ3n) is 3.11. The zero-order valence-electron chi connectivity index (χ0n) is 10.6. The van der Waals surface area contributed by atoms with Crippen LogP contribution in [0.4, 0.5) is 11.5 Å². The van der Waals surface area contributed by atoms with E-state index in [1.807, 2.05) is 13.8 Å². The van der Waals surface area contributed by atoms with Crippen LogP contribution in [0.15, 0.2) is 10.7 Å². The number of rotatable bonds is 2. The first-order chi connectivity index (χ1) is 8.52. The summed E-state index contributed by atoms with van der Waals surface area (Å²) in [5.74, 6) is 0.857. The number of nitrogen functional groups attached to an aromatic ring is 1. The number of ether oxygens (including phenoxy) is 1. The second kappa shape index (κ2) is 5.42. The van der Waals surface area contributed by atoms with Crippen LogP contribution in [0.3, 0.4) is 0 Å². The zero-order valence-corrected chi connectivity index (χ0v) is 12.1. The number of aliphatic hydroxyl groups is 1. The van der Waals surface area contributed by atoms with Crippen LogP contribution in [0, 0.1) is 6.92 Å². The van der Waals surface area contributed by atoms with E-state index < -0.39 is 0 Å². The molecule has 0 spiro atoms. The topological polar surface area (TPSA) is 71.6 Å². The van der Waals surface area contributed by atoms with E-state index in [4.69, 9.17) is 10.5 Å². The lowest BCUT2D eigenvalue weighted by Gasteiger charge is -2.37. The van der Waals surface area contributed by atoms with Crippen LogP contribution in [-0.2, 0) is 4.74 Å². The van der Waals surface area contributed by atoms with E-state index >= 15 is 0 Å². The Morgan fingerprint density at radius 1 is 1.61 bits per heavy atom. The molecule has 0 radical (unpaired) electrons. The summed E-state index contributed by atoms with van der Waals surface area (Å²) in [7, 11) is 0. The highest BCUT2D eigenvalue weighted by atomic mass is 79.9. The van der Waals surface area contributed by atoms with Crippen LogP contribution in [-0.4, -0.2) is 42.0 Å². The fraction of sp³-hybridized carbons (Fsp3) is 0.583. The van der Waals surface area contributed by atoms with Gasteiger partial charge in [-0.3, -0.25) is 0 Å². The van der Waals surface area contributed by atoms with Crippen molar-refractivity contribution in [2.75, 3.05) is 30.3 Å². The summed E-state index contributed by atoms with van der Waals surface area (Å²) in [6.45, 7) is 5.36. The Labute approximate surface area is 115 Å². The standard InChI is InChI=1S/C12H18BrN3O2/c1-7-4-16(5-9(6-17)18-7)12-11(13)8(2)10(14)3-15-12/h3,7,9,17H,4-6,14H2,1-2H3. The van der Waals surface area contributed by atoms with E-state index in [1.165, 1.54) is 0 Å². The predicted molar refractivity (Wildman–Crippen MR) is 74.7 cm³/mol. The van der Waals surface area contributed by atoms with Crippen molar-refractivity contribution in [3.63, 3.8) is 0 Å². The molecule has 0 saturated carbocycles. The fourth-order valence-electron chi connectivity index (χ4n) is 2.12. The average Bonchev–Trinajstić information content (AvgIpc) is 2.35. The van der Waals surface area contributed by atoms with Crippen molar-refractivity contribution in [2.45, 2.75) is 26.1 Å². The molecule has 1 fully saturated rings. The van der Waals surface area contributed by atoms with Gasteiger partial charge in [0.05, 0.1) is 35.2 Å². The second-order valence-corrected chi connectivity index (χ2v) is 5.43. The number of anilines is 2. The number of nitrogens with zero attached hydrogens (tertiary/aromatic N) is 2. The minimum absolute atomic E-state index is 0.0203. The van der Waals surface area contributed by atoms with Crippen molar-refractivity contribution in [3.05, 3.63) is 16.2 Å². The van der Waals surface area contributed by atoms with Crippen molar-refractivity contribution in [2.24, 2.45) is 0 Å². The van der Waals surface area contributed by atoms with Crippen LogP contribution in [0.5, 0.6) is 0 Å². The molecular formula is C12H18BrN3O2. The van der Waals surface area contributed by atoms with Gasteiger partial charge in [-0.25, -0.2) is 4.98 Å². The molecule has 1 saturated heterocycles. The summed E-state index contributed by atoms with van der Waals surface area (Å²) in [4.78, 5) is 6.50. The molecule has 2 heterocycles. The van der Waals surface area contributed by atoms with Crippen molar-refractivity contribution < 1.29 is 9.84 Å². The maximum atomic E-state index is 9.24. The van der Waals surface area contributed by atoms with Crippen LogP contribution in [0.1, 0.15) is 12.5 Å². The quantitative estimate of drug-likeness (QED) is 0.861. The Hall–Kier alpha value is -0.850. The average molecular weight is 316 g/mol. The van der Waals surface area contributed by atoms with E-state index in [2.05, 4.69) is 25.8 Å². The third kappa shape index (κ3) is 2.60. The number of aliphatic hydroxyl groups excluding tert-OH is 1. The minimum Gasteiger partial charge on any atom is -0.397 e. The van der Waals surface area contributed by atoms with Gasteiger partial charge in [-0.1, -0.05) is 0 Å². The summed E-state index contributed by atoms with van der Waals surface area (Å²) >= 11 is 3.54. The molecule has 1 aliphatic heterocycles. The molecule has 6 heteroatoms. The molecule has 100 valence electrons. The summed E-state index contributed by atoms with van der Waals surface area (Å²) < 4.78 is 6.53. The van der Waals surface area contributed by atoms with Crippen molar-refractivity contribution in [1.82, 2.24) is 4.98 Å². The monoisotopic (exact) mass is 315 g/mol. The normalized spacial score (nSPS) is 24.3. The lowest BCUT2D eigenvalue weighted by atomic mass is 10.2. The largest absolute Gasteiger partial charge is 0.397 e. The highest BCUT2D eigenvalue weighted by molar-refractivity contribution is 9.10. The summed E-state index contributed by atoms with van der Waals surface area (Å²) in [6.07, 6.45) is 1.58. The molecule has 2 atom stereocenters. The van der Waals surface area contributed by atoms with E-state index in [0.29, 0.717) is 12.2 Å². The molecule has 2 unspecified atom stereocenters. The molecule has 2 rings (SSSR count). The van der Waals surface area contributed by atoms with E-state index in [-0.39, 0.29) is 18.8 Å². The Balaban J connectivity index is 2.28. The first kappa shape index (κ1) is 13.6. The Kier molecular flexibility index (Phi) is 4.09. The molecular weight excluding hydrogens is 298 g/mol. The van der Waals surface area contributed by atoms with Gasteiger partial charge in [0.25, 0.3) is 0 Å². The van der Waals surface area contributed by atoms with Crippen LogP contribution >= 0.6 is 15.9 Å². The second-order valence-electron chi connectivity index (χ2n) is 4.63.